The molecule has 196 valence electrons. The van der Waals surface area contributed by atoms with Crippen LogP contribution in [-0.4, -0.2) is 64.4 Å². The van der Waals surface area contributed by atoms with Gasteiger partial charge in [0.25, 0.3) is 11.8 Å². The molecule has 3 saturated heterocycles. The van der Waals surface area contributed by atoms with E-state index in [1.807, 2.05) is 12.1 Å². The standard InChI is InChI=1S/C23H27ClN10O2.BrH/c24-19-21(27)32-20(26)18(31-19)22(36)33-23(28)30-16-11-34(7-5-15(16)6-8-34)12-17(35)29-10-14-3-1-13(9-25)2-4-14;/h1-4,15-16H,5-8,10-12H2,(H7-,26,27,28,29,30,32,33,35,36);1H/t15?,16-,34?;/m1./s1. The number of rotatable bonds is 6. The molecule has 2 bridgehead atoms. The number of carbonyl (C=O) groups excluding carboxylic acids is 2. The molecule has 5 rings (SSSR count). The van der Waals surface area contributed by atoms with Crippen molar-refractivity contribution in [2.45, 2.75) is 25.4 Å². The predicted octanol–water partition coefficient (Wildman–Crippen LogP) is -2.86. The summed E-state index contributed by atoms with van der Waals surface area (Å²) in [6, 6.07) is 9.07. The molecule has 1 aromatic heterocycles. The number of nitrogens with one attached hydrogen (secondary N) is 2. The summed E-state index contributed by atoms with van der Waals surface area (Å²) in [5.74, 6) is -0.695. The molecule has 0 unspecified atom stereocenters. The Balaban J connectivity index is 0.00000380. The molecular weight excluding hydrogens is 564 g/mol. The molecule has 2 amide bonds. The molecule has 0 saturated carbocycles. The van der Waals surface area contributed by atoms with E-state index in [2.05, 4.69) is 31.7 Å². The van der Waals surface area contributed by atoms with Gasteiger partial charge < -0.3 is 44.0 Å². The van der Waals surface area contributed by atoms with Gasteiger partial charge in [-0.15, -0.1) is 0 Å². The van der Waals surface area contributed by atoms with Crippen molar-refractivity contribution >= 4 is 41.0 Å². The lowest BCUT2D eigenvalue weighted by Gasteiger charge is -2.51. The van der Waals surface area contributed by atoms with Gasteiger partial charge in [0.05, 0.1) is 24.7 Å². The van der Waals surface area contributed by atoms with E-state index in [0.29, 0.717) is 35.6 Å². The van der Waals surface area contributed by atoms with Crippen LogP contribution in [0.1, 0.15) is 34.5 Å². The van der Waals surface area contributed by atoms with Crippen LogP contribution in [0.25, 0.3) is 0 Å². The summed E-state index contributed by atoms with van der Waals surface area (Å²) in [5.41, 5.74) is 18.6. The van der Waals surface area contributed by atoms with Crippen molar-refractivity contribution in [3.8, 4) is 6.07 Å². The van der Waals surface area contributed by atoms with Gasteiger partial charge in [-0.25, -0.2) is 15.0 Å². The number of aromatic nitrogens is 2. The molecule has 0 spiro atoms. The number of amides is 2. The average Bonchev–Trinajstić information content (AvgIpc) is 2.85. The smallest absolute Gasteiger partial charge is 0.280 e. The maximum Gasteiger partial charge on any atom is 0.280 e. The molecule has 1 atom stereocenters. The minimum atomic E-state index is -0.685. The van der Waals surface area contributed by atoms with Crippen LogP contribution in [0.3, 0.4) is 0 Å². The van der Waals surface area contributed by atoms with Crippen molar-refractivity contribution in [2.24, 2.45) is 16.6 Å². The van der Waals surface area contributed by atoms with Crippen LogP contribution in [0.4, 0.5) is 11.6 Å². The zero-order valence-electron chi connectivity index (χ0n) is 20.0. The molecule has 37 heavy (non-hydrogen) atoms. The normalized spacial score (nSPS) is 22.4. The molecule has 14 heteroatoms. The van der Waals surface area contributed by atoms with Crippen LogP contribution in [0.2, 0.25) is 5.15 Å². The number of carbonyl (C=O) groups is 2. The number of aliphatic imine (C=N–C) groups is 1. The highest BCUT2D eigenvalue weighted by atomic mass is 79.9. The Hall–Kier alpha value is -3.47. The number of nitriles is 1. The van der Waals surface area contributed by atoms with E-state index in [1.165, 1.54) is 0 Å². The summed E-state index contributed by atoms with van der Waals surface area (Å²) in [6.07, 6.45) is 1.84. The molecule has 3 aliphatic heterocycles. The summed E-state index contributed by atoms with van der Waals surface area (Å²) in [6.45, 7) is 3.18. The Morgan fingerprint density at radius 1 is 1.16 bits per heavy atom. The molecule has 0 radical (unpaired) electrons. The van der Waals surface area contributed by atoms with Crippen LogP contribution in [0.15, 0.2) is 29.3 Å². The number of halogens is 2. The van der Waals surface area contributed by atoms with Gasteiger partial charge in [0, 0.05) is 19.4 Å². The number of benzene rings is 1. The van der Waals surface area contributed by atoms with E-state index in [9.17, 15) is 9.59 Å². The first-order valence-corrected chi connectivity index (χ1v) is 11.9. The summed E-state index contributed by atoms with van der Waals surface area (Å²) >= 11 is 5.85. The second kappa shape index (κ2) is 11.7. The van der Waals surface area contributed by atoms with Crippen LogP contribution in [0.5, 0.6) is 0 Å². The third-order valence-corrected chi connectivity index (χ3v) is 7.06. The number of fused-ring (bicyclic) bond motifs is 3. The quantitative estimate of drug-likeness (QED) is 0.134. The average molecular weight is 592 g/mol. The number of hydrogen-bond acceptors (Lipinski definition) is 8. The third-order valence-electron chi connectivity index (χ3n) is 6.79. The van der Waals surface area contributed by atoms with E-state index in [4.69, 9.17) is 34.1 Å². The van der Waals surface area contributed by atoms with Crippen LogP contribution >= 0.6 is 11.6 Å². The Labute approximate surface area is 229 Å². The maximum absolute atomic E-state index is 12.8. The fourth-order valence-corrected chi connectivity index (χ4v) is 5.00. The lowest BCUT2D eigenvalue weighted by atomic mass is 9.82. The van der Waals surface area contributed by atoms with Gasteiger partial charge in [-0.3, -0.25) is 14.9 Å². The lowest BCUT2D eigenvalue weighted by Crippen LogP contribution is -3.00. The van der Waals surface area contributed by atoms with Crippen molar-refractivity contribution in [3.05, 3.63) is 46.2 Å². The molecule has 2 aromatic rings. The van der Waals surface area contributed by atoms with Gasteiger partial charge in [0.15, 0.2) is 35.0 Å². The van der Waals surface area contributed by atoms with Crippen LogP contribution in [-0.2, 0) is 11.3 Å². The maximum atomic E-state index is 12.8. The highest BCUT2D eigenvalue weighted by Gasteiger charge is 2.47. The minimum absolute atomic E-state index is 0. The Kier molecular flexibility index (Phi) is 8.90. The molecule has 1 aromatic carbocycles. The van der Waals surface area contributed by atoms with Gasteiger partial charge in [-0.05, 0) is 23.6 Å². The summed E-state index contributed by atoms with van der Waals surface area (Å²) in [5, 5.41) is 14.2. The highest BCUT2D eigenvalue weighted by molar-refractivity contribution is 6.31. The van der Waals surface area contributed by atoms with Crippen molar-refractivity contribution in [1.29, 1.82) is 5.26 Å². The minimum Gasteiger partial charge on any atom is -1.00 e. The number of quaternary nitrogens is 1. The van der Waals surface area contributed by atoms with Gasteiger partial charge in [0.1, 0.15) is 12.6 Å². The molecule has 3 aliphatic rings. The number of guanidine groups is 1. The van der Waals surface area contributed by atoms with E-state index in [-0.39, 0.29) is 57.4 Å². The lowest BCUT2D eigenvalue weighted by molar-refractivity contribution is -0.936. The Bertz CT molecular complexity index is 1240. The summed E-state index contributed by atoms with van der Waals surface area (Å²) < 4.78 is 0.622. The zero-order valence-corrected chi connectivity index (χ0v) is 22.3. The first-order valence-electron chi connectivity index (χ1n) is 11.5. The largest absolute Gasteiger partial charge is 1.00 e. The van der Waals surface area contributed by atoms with Crippen molar-refractivity contribution in [3.63, 3.8) is 0 Å². The first-order chi connectivity index (χ1) is 17.2. The SMILES string of the molecule is N#Cc1ccc(CNC(=O)C[N+]23CCC(CC2)[C@H](N=C(N)NC(=O)c2nc(Cl)c(N)nc2N)C3)cc1.[Br-]. The number of anilines is 2. The Morgan fingerprint density at radius 2 is 1.84 bits per heavy atom. The molecular formula is C23H28BrClN10O2. The van der Waals surface area contributed by atoms with E-state index >= 15 is 0 Å². The van der Waals surface area contributed by atoms with Crippen molar-refractivity contribution < 1.29 is 31.1 Å². The number of nitrogen functional groups attached to an aromatic ring is 2. The van der Waals surface area contributed by atoms with Crippen molar-refractivity contribution in [2.75, 3.05) is 37.6 Å². The number of hydrogen-bond donors (Lipinski definition) is 5. The molecule has 4 heterocycles. The fraction of sp³-hybridized carbons (Fsp3) is 0.391. The van der Waals surface area contributed by atoms with E-state index in [0.717, 1.165) is 31.5 Å². The first kappa shape index (κ1) is 28.1. The zero-order chi connectivity index (χ0) is 25.9. The monoisotopic (exact) mass is 590 g/mol. The summed E-state index contributed by atoms with van der Waals surface area (Å²) in [4.78, 5) is 37.5. The highest BCUT2D eigenvalue weighted by Crippen LogP contribution is 2.35. The second-order valence-electron chi connectivity index (χ2n) is 9.22. The third kappa shape index (κ3) is 6.65. The number of piperidine rings is 3. The van der Waals surface area contributed by atoms with Crippen molar-refractivity contribution in [1.82, 2.24) is 20.6 Å². The van der Waals surface area contributed by atoms with Gasteiger partial charge in [-0.1, -0.05) is 23.7 Å². The van der Waals surface area contributed by atoms with E-state index < -0.39 is 5.91 Å². The van der Waals surface area contributed by atoms with Crippen LogP contribution in [0, 0.1) is 17.2 Å². The number of nitrogens with zero attached hydrogens (tertiary/aromatic N) is 5. The number of nitrogens with two attached hydrogens (primary N) is 3. The second-order valence-corrected chi connectivity index (χ2v) is 9.58. The molecule has 12 nitrogen and oxygen atoms in total. The summed E-state index contributed by atoms with van der Waals surface area (Å²) in [7, 11) is 0. The molecule has 0 aliphatic carbocycles. The topological polar surface area (TPSA) is 198 Å². The molecule has 8 N–H and O–H groups in total. The van der Waals surface area contributed by atoms with Gasteiger partial charge >= 0.3 is 0 Å². The van der Waals surface area contributed by atoms with Gasteiger partial charge in [0.2, 0.25) is 0 Å². The Morgan fingerprint density at radius 3 is 2.49 bits per heavy atom. The van der Waals surface area contributed by atoms with Gasteiger partial charge in [-0.2, -0.15) is 5.26 Å². The fourth-order valence-electron chi connectivity index (χ4n) is 4.87. The molecule has 3 fully saturated rings. The van der Waals surface area contributed by atoms with E-state index in [1.54, 1.807) is 12.1 Å². The van der Waals surface area contributed by atoms with Crippen LogP contribution < -0.4 is 44.8 Å². The predicted molar refractivity (Wildman–Crippen MR) is 134 cm³/mol.